The lowest BCUT2D eigenvalue weighted by Gasteiger charge is -2.11. The Morgan fingerprint density at radius 3 is 2.94 bits per heavy atom. The number of rotatable bonds is 1. The van der Waals surface area contributed by atoms with Gasteiger partial charge in [0.15, 0.2) is 5.78 Å². The van der Waals surface area contributed by atoms with Crippen LogP contribution in [-0.2, 0) is 11.2 Å². The van der Waals surface area contributed by atoms with E-state index >= 15 is 0 Å². The first-order valence-corrected chi connectivity index (χ1v) is 5.19. The molecule has 0 N–H and O–H groups in total. The normalized spacial score (nSPS) is 16.7. The van der Waals surface area contributed by atoms with Crippen molar-refractivity contribution in [2.24, 2.45) is 0 Å². The minimum absolute atomic E-state index is 0.0201. The summed E-state index contributed by atoms with van der Waals surface area (Å²) in [6, 6.07) is 5.16. The van der Waals surface area contributed by atoms with Crippen molar-refractivity contribution in [3.63, 3.8) is 0 Å². The molecule has 1 aliphatic rings. The zero-order valence-corrected chi connectivity index (χ0v) is 9.03. The average Bonchev–Trinajstić information content (AvgIpc) is 2.22. The molecule has 1 aliphatic heterocycles. The molecule has 0 bridgehead atoms. The number of fused-ring (bicyclic) bond motifs is 1. The second-order valence-corrected chi connectivity index (χ2v) is 3.74. The van der Waals surface area contributed by atoms with Gasteiger partial charge in [-0.2, -0.15) is 0 Å². The van der Waals surface area contributed by atoms with Crippen molar-refractivity contribution in [2.75, 3.05) is 0 Å². The molecule has 0 saturated carbocycles. The van der Waals surface area contributed by atoms with Gasteiger partial charge in [-0.25, -0.2) is 4.79 Å². The third-order valence-corrected chi connectivity index (χ3v) is 2.51. The van der Waals surface area contributed by atoms with Crippen molar-refractivity contribution >= 4 is 11.8 Å². The van der Waals surface area contributed by atoms with E-state index in [1.54, 1.807) is 24.3 Å². The van der Waals surface area contributed by atoms with Gasteiger partial charge in [0.1, 0.15) is 5.75 Å². The Bertz CT molecular complexity index is 472. The fourth-order valence-corrected chi connectivity index (χ4v) is 1.65. The molecular weight excluding hydrogens is 204 g/mol. The Kier molecular flexibility index (Phi) is 2.86. The molecule has 82 valence electrons. The quantitative estimate of drug-likeness (QED) is 0.411. The van der Waals surface area contributed by atoms with Crippen LogP contribution < -0.4 is 4.74 Å². The van der Waals surface area contributed by atoms with Crippen LogP contribution in [0.15, 0.2) is 30.4 Å². The fraction of sp³-hybridized carbons (Fsp3) is 0.231. The molecule has 1 heterocycles. The first-order chi connectivity index (χ1) is 7.66. The molecule has 1 aromatic rings. The summed E-state index contributed by atoms with van der Waals surface area (Å²) in [5, 5.41) is 0. The van der Waals surface area contributed by atoms with Gasteiger partial charge in [0, 0.05) is 11.6 Å². The molecule has 0 aromatic heterocycles. The van der Waals surface area contributed by atoms with Crippen molar-refractivity contribution in [1.82, 2.24) is 0 Å². The number of allylic oxidation sites excluding steroid dienone is 1. The monoisotopic (exact) mass is 216 g/mol. The summed E-state index contributed by atoms with van der Waals surface area (Å²) in [6.45, 7) is 1.52. The molecule has 0 aliphatic carbocycles. The van der Waals surface area contributed by atoms with Crippen LogP contribution in [0.1, 0.15) is 29.3 Å². The third-order valence-electron chi connectivity index (χ3n) is 2.51. The molecule has 3 heteroatoms. The van der Waals surface area contributed by atoms with Crippen LogP contribution in [0.3, 0.4) is 0 Å². The predicted octanol–water partition coefficient (Wildman–Crippen LogP) is 2.30. The van der Waals surface area contributed by atoms with Gasteiger partial charge in [-0.05, 0) is 43.5 Å². The summed E-state index contributed by atoms with van der Waals surface area (Å²) in [5.74, 6) is 0.211. The van der Waals surface area contributed by atoms with Crippen LogP contribution in [0.25, 0.3) is 0 Å². The third kappa shape index (κ3) is 2.19. The van der Waals surface area contributed by atoms with Gasteiger partial charge in [0.05, 0.1) is 0 Å². The molecule has 0 radical (unpaired) electrons. The van der Waals surface area contributed by atoms with Gasteiger partial charge in [0.25, 0.3) is 0 Å². The van der Waals surface area contributed by atoms with Crippen LogP contribution in [0.5, 0.6) is 5.75 Å². The molecule has 0 unspecified atom stereocenters. The van der Waals surface area contributed by atoms with Crippen LogP contribution in [0.4, 0.5) is 0 Å². The van der Waals surface area contributed by atoms with Crippen molar-refractivity contribution in [3.05, 3.63) is 41.5 Å². The van der Waals surface area contributed by atoms with Gasteiger partial charge in [-0.3, -0.25) is 4.79 Å². The van der Waals surface area contributed by atoms with Gasteiger partial charge in [0.2, 0.25) is 0 Å². The molecule has 16 heavy (non-hydrogen) atoms. The molecule has 2 rings (SSSR count). The van der Waals surface area contributed by atoms with Crippen molar-refractivity contribution in [3.8, 4) is 5.75 Å². The standard InChI is InChI=1S/C13H12O3/c1-9(14)10-6-7-12-11(8-10)4-2-3-5-13(15)16-12/h3,5-8H,2,4H2,1H3/b5-3+. The number of carbonyl (C=O) groups excluding carboxylic acids is 2. The summed E-state index contributed by atoms with van der Waals surface area (Å²) in [7, 11) is 0. The smallest absolute Gasteiger partial charge is 0.335 e. The highest BCUT2D eigenvalue weighted by Crippen LogP contribution is 2.23. The van der Waals surface area contributed by atoms with E-state index in [1.165, 1.54) is 13.0 Å². The summed E-state index contributed by atoms with van der Waals surface area (Å²) in [6.07, 6.45) is 4.78. The molecule has 0 spiro atoms. The number of ketones is 1. The first-order valence-electron chi connectivity index (χ1n) is 5.19. The maximum Gasteiger partial charge on any atom is 0.335 e. The maximum absolute atomic E-state index is 11.2. The minimum atomic E-state index is -0.364. The van der Waals surface area contributed by atoms with E-state index in [0.717, 1.165) is 18.4 Å². The SMILES string of the molecule is CC(=O)c1ccc2c(c1)CC/C=C/C(=O)O2. The lowest BCUT2D eigenvalue weighted by Crippen LogP contribution is -2.08. The number of aryl methyl sites for hydroxylation is 1. The summed E-state index contributed by atoms with van der Waals surface area (Å²) in [5.41, 5.74) is 1.56. The number of hydrogen-bond acceptors (Lipinski definition) is 3. The van der Waals surface area contributed by atoms with Gasteiger partial charge in [-0.15, -0.1) is 0 Å². The fourth-order valence-electron chi connectivity index (χ4n) is 1.65. The number of benzene rings is 1. The highest BCUT2D eigenvalue weighted by Gasteiger charge is 2.11. The number of carbonyl (C=O) groups is 2. The van der Waals surface area contributed by atoms with Crippen molar-refractivity contribution < 1.29 is 14.3 Å². The number of Topliss-reactive ketones (excluding diaryl/α,β-unsaturated/α-hetero) is 1. The van der Waals surface area contributed by atoms with Crippen LogP contribution in [-0.4, -0.2) is 11.8 Å². The lowest BCUT2D eigenvalue weighted by molar-refractivity contribution is -0.129. The zero-order valence-electron chi connectivity index (χ0n) is 9.03. The second kappa shape index (κ2) is 4.31. The molecule has 1 aromatic carbocycles. The van der Waals surface area contributed by atoms with E-state index in [9.17, 15) is 9.59 Å². The molecule has 0 amide bonds. The molecule has 0 atom stereocenters. The van der Waals surface area contributed by atoms with Gasteiger partial charge in [-0.1, -0.05) is 6.08 Å². The van der Waals surface area contributed by atoms with Crippen LogP contribution in [0, 0.1) is 0 Å². The Morgan fingerprint density at radius 1 is 1.38 bits per heavy atom. The summed E-state index contributed by atoms with van der Waals surface area (Å²) in [4.78, 5) is 22.5. The highest BCUT2D eigenvalue weighted by molar-refractivity contribution is 5.94. The van der Waals surface area contributed by atoms with Crippen molar-refractivity contribution in [2.45, 2.75) is 19.8 Å². The molecule has 0 saturated heterocycles. The van der Waals surface area contributed by atoms with E-state index < -0.39 is 0 Å². The van der Waals surface area contributed by atoms with E-state index in [2.05, 4.69) is 0 Å². The Labute approximate surface area is 93.7 Å². The maximum atomic E-state index is 11.2. The molecular formula is C13H12O3. The number of ether oxygens (including phenoxy) is 1. The predicted molar refractivity (Wildman–Crippen MR) is 59.5 cm³/mol. The molecule has 0 fully saturated rings. The zero-order chi connectivity index (χ0) is 11.5. The van der Waals surface area contributed by atoms with Crippen LogP contribution in [0.2, 0.25) is 0 Å². The Morgan fingerprint density at radius 2 is 2.19 bits per heavy atom. The number of esters is 1. The van der Waals surface area contributed by atoms with E-state index in [1.807, 2.05) is 0 Å². The minimum Gasteiger partial charge on any atom is -0.423 e. The molecule has 3 nitrogen and oxygen atoms in total. The van der Waals surface area contributed by atoms with E-state index in [4.69, 9.17) is 4.74 Å². The van der Waals surface area contributed by atoms with Crippen molar-refractivity contribution in [1.29, 1.82) is 0 Å². The Balaban J connectivity index is 2.39. The topological polar surface area (TPSA) is 43.4 Å². The number of hydrogen-bond donors (Lipinski definition) is 0. The van der Waals surface area contributed by atoms with Gasteiger partial charge < -0.3 is 4.74 Å². The van der Waals surface area contributed by atoms with E-state index in [0.29, 0.717) is 11.3 Å². The lowest BCUT2D eigenvalue weighted by atomic mass is 10.0. The van der Waals surface area contributed by atoms with E-state index in [-0.39, 0.29) is 11.8 Å². The van der Waals surface area contributed by atoms with Crippen LogP contribution >= 0.6 is 0 Å². The largest absolute Gasteiger partial charge is 0.423 e. The average molecular weight is 216 g/mol. The summed E-state index contributed by atoms with van der Waals surface area (Å²) >= 11 is 0. The Hall–Kier alpha value is -1.90. The summed E-state index contributed by atoms with van der Waals surface area (Å²) < 4.78 is 5.13. The second-order valence-electron chi connectivity index (χ2n) is 3.74. The highest BCUT2D eigenvalue weighted by atomic mass is 16.5. The first kappa shape index (κ1) is 10.6. The van der Waals surface area contributed by atoms with Gasteiger partial charge >= 0.3 is 5.97 Å².